The van der Waals surface area contributed by atoms with E-state index in [4.69, 9.17) is 14.6 Å². The van der Waals surface area contributed by atoms with Crippen LogP contribution in [0, 0.1) is 5.41 Å². The van der Waals surface area contributed by atoms with E-state index in [1.54, 1.807) is 4.90 Å². The molecule has 156 valence electrons. The molecule has 0 bridgehead atoms. The smallest absolute Gasteiger partial charge is 0.410 e. The highest BCUT2D eigenvalue weighted by molar-refractivity contribution is 9.10. The highest BCUT2D eigenvalue weighted by Gasteiger charge is 2.59. The Morgan fingerprint density at radius 2 is 1.89 bits per heavy atom. The minimum absolute atomic E-state index is 0.0371. The number of nitrogens with zero attached hydrogens (tertiary/aromatic N) is 3. The van der Waals surface area contributed by atoms with E-state index in [0.717, 1.165) is 18.7 Å². The molecular weight excluding hydrogens is 430 g/mol. The van der Waals surface area contributed by atoms with Crippen LogP contribution in [0.1, 0.15) is 52.3 Å². The number of hydrogen-bond acceptors (Lipinski definition) is 5. The van der Waals surface area contributed by atoms with Gasteiger partial charge in [0, 0.05) is 26.3 Å². The van der Waals surface area contributed by atoms with Gasteiger partial charge in [-0.3, -0.25) is 0 Å². The maximum atomic E-state index is 12.3. The van der Waals surface area contributed by atoms with Crippen LogP contribution in [0.4, 0.5) is 4.79 Å². The van der Waals surface area contributed by atoms with E-state index in [9.17, 15) is 9.59 Å². The summed E-state index contributed by atoms with van der Waals surface area (Å²) in [6.07, 6.45) is 4.66. The van der Waals surface area contributed by atoms with Crippen LogP contribution in [-0.4, -0.2) is 56.9 Å². The SMILES string of the molecule is Cn1cc(Br)nc1C1(OCC(=O)O)CC2(CCN(C(=O)OC(C)(C)C)CC2)C1. The zero-order valence-electron chi connectivity index (χ0n) is 16.8. The molecule has 1 aromatic heterocycles. The standard InChI is InChI=1S/C19H28BrN3O5/c1-17(2,3)28-16(26)23-7-5-18(6-8-23)11-19(12-18,27-10-14(24)25)15-21-13(20)9-22(15)4/h9H,5-8,10-12H2,1-4H3,(H,24,25). The fourth-order valence-electron chi connectivity index (χ4n) is 4.38. The molecular formula is C19H28BrN3O5. The number of carbonyl (C=O) groups is 2. The van der Waals surface area contributed by atoms with Crippen LogP contribution in [0.5, 0.6) is 0 Å². The number of aromatic nitrogens is 2. The summed E-state index contributed by atoms with van der Waals surface area (Å²) < 4.78 is 13.9. The molecule has 1 spiro atoms. The molecule has 0 radical (unpaired) electrons. The van der Waals surface area contributed by atoms with Gasteiger partial charge in [-0.05, 0) is 67.8 Å². The summed E-state index contributed by atoms with van der Waals surface area (Å²) in [5.41, 5.74) is -1.17. The number of aliphatic carboxylic acids is 1. The predicted octanol–water partition coefficient (Wildman–Crippen LogP) is 3.29. The molecule has 2 fully saturated rings. The van der Waals surface area contributed by atoms with E-state index in [1.165, 1.54) is 0 Å². The van der Waals surface area contributed by atoms with Crippen LogP contribution in [-0.2, 0) is 26.9 Å². The largest absolute Gasteiger partial charge is 0.480 e. The minimum atomic E-state index is -0.992. The van der Waals surface area contributed by atoms with Gasteiger partial charge in [0.25, 0.3) is 0 Å². The molecule has 2 heterocycles. The highest BCUT2D eigenvalue weighted by Crippen LogP contribution is 2.60. The van der Waals surface area contributed by atoms with Gasteiger partial charge in [-0.1, -0.05) is 0 Å². The van der Waals surface area contributed by atoms with Crippen molar-refractivity contribution in [2.45, 2.75) is 57.7 Å². The van der Waals surface area contributed by atoms with Crippen molar-refractivity contribution in [3.05, 3.63) is 16.6 Å². The third-order valence-corrected chi connectivity index (χ3v) is 5.91. The van der Waals surface area contributed by atoms with Gasteiger partial charge in [-0.15, -0.1) is 0 Å². The molecule has 1 amide bonds. The van der Waals surface area contributed by atoms with Crippen molar-refractivity contribution in [3.63, 3.8) is 0 Å². The molecule has 1 saturated heterocycles. The van der Waals surface area contributed by atoms with Gasteiger partial charge in [-0.25, -0.2) is 14.6 Å². The van der Waals surface area contributed by atoms with E-state index >= 15 is 0 Å². The minimum Gasteiger partial charge on any atom is -0.480 e. The molecule has 1 N–H and O–H groups in total. The first-order valence-electron chi connectivity index (χ1n) is 9.47. The van der Waals surface area contributed by atoms with Crippen molar-refractivity contribution < 1.29 is 24.2 Å². The Morgan fingerprint density at radius 1 is 1.29 bits per heavy atom. The number of carboxylic acid groups (broad SMARTS) is 1. The molecule has 9 heteroatoms. The molecule has 2 aliphatic rings. The molecule has 0 aromatic carbocycles. The van der Waals surface area contributed by atoms with Crippen LogP contribution >= 0.6 is 15.9 Å². The first-order chi connectivity index (χ1) is 12.9. The summed E-state index contributed by atoms with van der Waals surface area (Å²) in [6.45, 7) is 6.50. The molecule has 0 unspecified atom stereocenters. The van der Waals surface area contributed by atoms with Gasteiger partial charge >= 0.3 is 12.1 Å². The summed E-state index contributed by atoms with van der Waals surface area (Å²) in [5, 5.41) is 9.09. The van der Waals surface area contributed by atoms with Gasteiger partial charge in [0.05, 0.1) is 0 Å². The Balaban J connectivity index is 1.68. The number of imidazole rings is 1. The van der Waals surface area contributed by atoms with Crippen molar-refractivity contribution in [1.29, 1.82) is 0 Å². The number of ether oxygens (including phenoxy) is 2. The molecule has 0 atom stereocenters. The number of hydrogen-bond donors (Lipinski definition) is 1. The normalized spacial score (nSPS) is 20.7. The van der Waals surface area contributed by atoms with Gasteiger partial charge in [-0.2, -0.15) is 0 Å². The number of piperidine rings is 1. The van der Waals surface area contributed by atoms with Crippen LogP contribution in [0.3, 0.4) is 0 Å². The number of rotatable bonds is 4. The summed E-state index contributed by atoms with van der Waals surface area (Å²) in [4.78, 5) is 29.7. The fraction of sp³-hybridized carbons (Fsp3) is 0.737. The third-order valence-electron chi connectivity index (χ3n) is 5.52. The zero-order valence-corrected chi connectivity index (χ0v) is 18.4. The van der Waals surface area contributed by atoms with Crippen molar-refractivity contribution in [2.75, 3.05) is 19.7 Å². The number of aryl methyl sites for hydroxylation is 1. The van der Waals surface area contributed by atoms with Crippen LogP contribution in [0.2, 0.25) is 0 Å². The van der Waals surface area contributed by atoms with E-state index in [-0.39, 0.29) is 18.1 Å². The van der Waals surface area contributed by atoms with E-state index in [1.807, 2.05) is 38.6 Å². The second kappa shape index (κ2) is 7.33. The van der Waals surface area contributed by atoms with Gasteiger partial charge in [0.15, 0.2) is 0 Å². The first-order valence-corrected chi connectivity index (χ1v) is 10.3. The van der Waals surface area contributed by atoms with Crippen molar-refractivity contribution in [2.24, 2.45) is 12.5 Å². The maximum Gasteiger partial charge on any atom is 0.410 e. The van der Waals surface area contributed by atoms with Crippen molar-refractivity contribution in [3.8, 4) is 0 Å². The third kappa shape index (κ3) is 4.35. The summed E-state index contributed by atoms with van der Waals surface area (Å²) in [7, 11) is 1.88. The highest BCUT2D eigenvalue weighted by atomic mass is 79.9. The average molecular weight is 458 g/mol. The van der Waals surface area contributed by atoms with Crippen LogP contribution < -0.4 is 0 Å². The second-order valence-corrected chi connectivity index (χ2v) is 9.81. The lowest BCUT2D eigenvalue weighted by Gasteiger charge is -2.57. The molecule has 1 aliphatic heterocycles. The molecule has 1 saturated carbocycles. The summed E-state index contributed by atoms with van der Waals surface area (Å²) in [6, 6.07) is 0. The second-order valence-electron chi connectivity index (χ2n) is 9.00. The molecule has 28 heavy (non-hydrogen) atoms. The number of halogens is 1. The van der Waals surface area contributed by atoms with Gasteiger partial charge in [0.1, 0.15) is 28.2 Å². The van der Waals surface area contributed by atoms with E-state index in [2.05, 4.69) is 20.9 Å². The van der Waals surface area contributed by atoms with Gasteiger partial charge < -0.3 is 24.0 Å². The average Bonchev–Trinajstić information content (AvgIpc) is 2.88. The first kappa shape index (κ1) is 21.1. The maximum absolute atomic E-state index is 12.3. The Kier molecular flexibility index (Phi) is 5.53. The summed E-state index contributed by atoms with van der Waals surface area (Å²) in [5.74, 6) is -0.255. The quantitative estimate of drug-likeness (QED) is 0.745. The van der Waals surface area contributed by atoms with Crippen LogP contribution in [0.25, 0.3) is 0 Å². The molecule has 3 rings (SSSR count). The monoisotopic (exact) mass is 457 g/mol. The predicted molar refractivity (Wildman–Crippen MR) is 105 cm³/mol. The number of amides is 1. The number of carboxylic acids is 1. The lowest BCUT2D eigenvalue weighted by molar-refractivity contribution is -0.202. The number of carbonyl (C=O) groups excluding carboxylic acids is 1. The Bertz CT molecular complexity index is 754. The Morgan fingerprint density at radius 3 is 2.36 bits per heavy atom. The van der Waals surface area contributed by atoms with Crippen molar-refractivity contribution in [1.82, 2.24) is 14.5 Å². The zero-order chi connectivity index (χ0) is 20.7. The molecule has 1 aliphatic carbocycles. The van der Waals surface area contributed by atoms with Crippen LogP contribution in [0.15, 0.2) is 10.8 Å². The van der Waals surface area contributed by atoms with Crippen molar-refractivity contribution >= 4 is 28.0 Å². The van der Waals surface area contributed by atoms with E-state index in [0.29, 0.717) is 30.5 Å². The molecule has 1 aromatic rings. The topological polar surface area (TPSA) is 93.9 Å². The lowest BCUT2D eigenvalue weighted by atomic mass is 9.54. The fourth-order valence-corrected chi connectivity index (χ4v) is 4.86. The van der Waals surface area contributed by atoms with Gasteiger partial charge in [0.2, 0.25) is 0 Å². The van der Waals surface area contributed by atoms with E-state index < -0.39 is 17.2 Å². The molecule has 8 nitrogen and oxygen atoms in total. The Hall–Kier alpha value is -1.61. The Labute approximate surface area is 173 Å². The lowest BCUT2D eigenvalue weighted by Crippen LogP contribution is -2.57. The summed E-state index contributed by atoms with van der Waals surface area (Å²) >= 11 is 3.38. The number of likely N-dealkylation sites (tertiary alicyclic amines) is 1.